The van der Waals surface area contributed by atoms with Crippen molar-refractivity contribution in [1.82, 2.24) is 0 Å². The molecule has 0 saturated heterocycles. The number of ether oxygens (including phenoxy) is 1. The Morgan fingerprint density at radius 2 is 2.31 bits per heavy atom. The van der Waals surface area contributed by atoms with Gasteiger partial charge in [-0.25, -0.2) is 0 Å². The van der Waals surface area contributed by atoms with E-state index in [0.717, 1.165) is 32.5 Å². The van der Waals surface area contributed by atoms with E-state index in [-0.39, 0.29) is 0 Å². The van der Waals surface area contributed by atoms with Gasteiger partial charge in [0.2, 0.25) is 0 Å². The van der Waals surface area contributed by atoms with Crippen LogP contribution in [0, 0.1) is 0 Å². The van der Waals surface area contributed by atoms with Gasteiger partial charge in [-0.1, -0.05) is 24.3 Å². The zero-order valence-corrected chi connectivity index (χ0v) is 10.3. The first-order valence-corrected chi connectivity index (χ1v) is 6.71. The quantitative estimate of drug-likeness (QED) is 0.548. The Balaban J connectivity index is 1.69. The normalized spacial score (nSPS) is 18.4. The minimum Gasteiger partial charge on any atom is -0.380 e. The largest absolute Gasteiger partial charge is 0.380 e. The third-order valence-electron chi connectivity index (χ3n) is 2.71. The van der Waals surface area contributed by atoms with Gasteiger partial charge in [-0.2, -0.15) is 0 Å². The lowest BCUT2D eigenvalue weighted by atomic mass is 10.1. The Kier molecular flexibility index (Phi) is 4.49. The summed E-state index contributed by atoms with van der Waals surface area (Å²) in [6.45, 7) is 5.44. The summed E-state index contributed by atoms with van der Waals surface area (Å²) in [7, 11) is 0. The number of hydrogen-bond donors (Lipinski definition) is 0. The van der Waals surface area contributed by atoms with Crippen molar-refractivity contribution in [3.05, 3.63) is 42.5 Å². The van der Waals surface area contributed by atoms with Crippen molar-refractivity contribution in [2.45, 2.75) is 29.4 Å². The molecule has 0 spiro atoms. The number of hydrogen-bond acceptors (Lipinski definition) is 2. The Morgan fingerprint density at radius 3 is 3.12 bits per heavy atom. The Morgan fingerprint density at radius 1 is 1.44 bits per heavy atom. The van der Waals surface area contributed by atoms with Crippen molar-refractivity contribution in [2.75, 3.05) is 13.2 Å². The van der Waals surface area contributed by atoms with Crippen molar-refractivity contribution in [1.29, 1.82) is 0 Å². The number of fused-ring (bicyclic) bond motifs is 1. The Hall–Kier alpha value is -0.730. The van der Waals surface area contributed by atoms with Crippen molar-refractivity contribution in [2.24, 2.45) is 0 Å². The summed E-state index contributed by atoms with van der Waals surface area (Å²) < 4.78 is 5.68. The summed E-state index contributed by atoms with van der Waals surface area (Å²) >= 11 is 1.95. The van der Waals surface area contributed by atoms with Gasteiger partial charge in [-0.3, -0.25) is 0 Å². The molecular weight excluding hydrogens is 216 g/mol. The lowest BCUT2D eigenvalue weighted by molar-refractivity contribution is 0.134. The highest BCUT2D eigenvalue weighted by atomic mass is 32.2. The van der Waals surface area contributed by atoms with Crippen molar-refractivity contribution in [3.63, 3.8) is 0 Å². The van der Waals surface area contributed by atoms with E-state index in [4.69, 9.17) is 4.74 Å². The van der Waals surface area contributed by atoms with E-state index in [2.05, 4.69) is 30.8 Å². The molecule has 1 aromatic carbocycles. The maximum Gasteiger partial charge on any atom is 0.0591 e. The molecule has 0 aliphatic carbocycles. The predicted molar refractivity (Wildman–Crippen MR) is 70.0 cm³/mol. The molecular formula is C14H18OS. The molecule has 1 atom stereocenters. The van der Waals surface area contributed by atoms with Crippen molar-refractivity contribution in [3.8, 4) is 0 Å². The van der Waals surface area contributed by atoms with Gasteiger partial charge in [-0.05, 0) is 30.9 Å². The summed E-state index contributed by atoms with van der Waals surface area (Å²) in [4.78, 5) is 1.43. The van der Waals surface area contributed by atoms with Gasteiger partial charge in [0.25, 0.3) is 0 Å². The van der Waals surface area contributed by atoms with Crippen LogP contribution in [0.1, 0.15) is 18.4 Å². The molecule has 2 heteroatoms. The van der Waals surface area contributed by atoms with Crippen LogP contribution in [-0.4, -0.2) is 18.5 Å². The molecule has 0 amide bonds. The van der Waals surface area contributed by atoms with Crippen molar-refractivity contribution < 1.29 is 4.74 Å². The van der Waals surface area contributed by atoms with E-state index in [1.165, 1.54) is 10.5 Å². The molecule has 0 bridgehead atoms. The summed E-state index contributed by atoms with van der Waals surface area (Å²) in [6, 6.07) is 8.66. The van der Waals surface area contributed by atoms with Gasteiger partial charge in [-0.15, -0.1) is 18.3 Å². The average molecular weight is 234 g/mol. The van der Waals surface area contributed by atoms with Gasteiger partial charge in [0.05, 0.1) is 6.61 Å². The number of unbranched alkanes of at least 4 members (excludes halogenated alkanes) is 1. The van der Waals surface area contributed by atoms with Gasteiger partial charge >= 0.3 is 0 Å². The Bertz CT molecular complexity index is 323. The van der Waals surface area contributed by atoms with Crippen LogP contribution in [0.5, 0.6) is 0 Å². The lowest BCUT2D eigenvalue weighted by Gasteiger charge is -2.08. The van der Waals surface area contributed by atoms with E-state index >= 15 is 0 Å². The highest BCUT2D eigenvalue weighted by Gasteiger charge is 2.21. The minimum absolute atomic E-state index is 0.612. The maximum atomic E-state index is 5.68. The number of benzene rings is 1. The standard InChI is InChI=1S/C14H18OS/c1-2-3-6-9-15-11-13-10-12-7-4-5-8-14(12)16-13/h2,4-5,7-8,13H,1,3,6,9-11H2. The van der Waals surface area contributed by atoms with Crippen LogP contribution in [0.25, 0.3) is 0 Å². The average Bonchev–Trinajstić information content (AvgIpc) is 2.71. The van der Waals surface area contributed by atoms with Crippen LogP contribution in [0.15, 0.2) is 41.8 Å². The zero-order valence-electron chi connectivity index (χ0n) is 9.52. The van der Waals surface area contributed by atoms with E-state index in [9.17, 15) is 0 Å². The van der Waals surface area contributed by atoms with Gasteiger partial charge < -0.3 is 4.74 Å². The van der Waals surface area contributed by atoms with Crippen LogP contribution in [0.3, 0.4) is 0 Å². The van der Waals surface area contributed by atoms with E-state index in [1.54, 1.807) is 0 Å². The van der Waals surface area contributed by atoms with Crippen LogP contribution < -0.4 is 0 Å². The van der Waals surface area contributed by atoms with Crippen LogP contribution in [0.4, 0.5) is 0 Å². The second-order valence-electron chi connectivity index (χ2n) is 4.06. The van der Waals surface area contributed by atoms with Crippen LogP contribution in [-0.2, 0) is 11.2 Å². The van der Waals surface area contributed by atoms with Crippen molar-refractivity contribution >= 4 is 11.8 Å². The topological polar surface area (TPSA) is 9.23 Å². The molecule has 1 aromatic rings. The summed E-state index contributed by atoms with van der Waals surface area (Å²) in [5, 5.41) is 0.612. The third kappa shape index (κ3) is 3.13. The molecule has 0 fully saturated rings. The predicted octanol–water partition coefficient (Wildman–Crippen LogP) is 3.69. The first-order valence-electron chi connectivity index (χ1n) is 5.83. The molecule has 0 radical (unpaired) electrons. The monoisotopic (exact) mass is 234 g/mol. The summed E-state index contributed by atoms with van der Waals surface area (Å²) in [6.07, 6.45) is 5.25. The smallest absolute Gasteiger partial charge is 0.0591 e. The molecule has 86 valence electrons. The molecule has 0 N–H and O–H groups in total. The second kappa shape index (κ2) is 6.12. The molecule has 1 unspecified atom stereocenters. The van der Waals surface area contributed by atoms with Crippen LogP contribution in [0.2, 0.25) is 0 Å². The van der Waals surface area contributed by atoms with E-state index in [0.29, 0.717) is 5.25 Å². The first kappa shape index (κ1) is 11.7. The molecule has 1 heterocycles. The van der Waals surface area contributed by atoms with E-state index in [1.807, 2.05) is 17.8 Å². The number of allylic oxidation sites excluding steroid dienone is 1. The van der Waals surface area contributed by atoms with Crippen LogP contribution >= 0.6 is 11.8 Å². The highest BCUT2D eigenvalue weighted by Crippen LogP contribution is 2.36. The third-order valence-corrected chi connectivity index (χ3v) is 4.00. The first-order chi connectivity index (χ1) is 7.90. The minimum atomic E-state index is 0.612. The highest BCUT2D eigenvalue weighted by molar-refractivity contribution is 8.00. The zero-order chi connectivity index (χ0) is 11.2. The lowest BCUT2D eigenvalue weighted by Crippen LogP contribution is -2.11. The number of thioether (sulfide) groups is 1. The van der Waals surface area contributed by atoms with Gasteiger partial charge in [0.15, 0.2) is 0 Å². The molecule has 2 rings (SSSR count). The summed E-state index contributed by atoms with van der Waals surface area (Å²) in [5.74, 6) is 0. The van der Waals surface area contributed by atoms with Gasteiger partial charge in [0, 0.05) is 16.8 Å². The molecule has 1 nitrogen and oxygen atoms in total. The maximum absolute atomic E-state index is 5.68. The summed E-state index contributed by atoms with van der Waals surface area (Å²) in [5.41, 5.74) is 1.48. The molecule has 0 saturated carbocycles. The fourth-order valence-electron chi connectivity index (χ4n) is 1.89. The SMILES string of the molecule is C=CCCCOCC1Cc2ccccc2S1. The molecule has 1 aliphatic rings. The fourth-order valence-corrected chi connectivity index (χ4v) is 3.14. The Labute approximate surface area is 102 Å². The van der Waals surface area contributed by atoms with Gasteiger partial charge in [0.1, 0.15) is 0 Å². The molecule has 1 aliphatic heterocycles. The van der Waals surface area contributed by atoms with E-state index < -0.39 is 0 Å². The molecule has 16 heavy (non-hydrogen) atoms. The second-order valence-corrected chi connectivity index (χ2v) is 5.40. The molecule has 0 aromatic heterocycles. The number of rotatable bonds is 6. The fraction of sp³-hybridized carbons (Fsp3) is 0.429.